The van der Waals surface area contributed by atoms with Gasteiger partial charge in [0.05, 0.1) is 17.7 Å². The third kappa shape index (κ3) is 6.46. The van der Waals surface area contributed by atoms with E-state index in [1.165, 1.54) is 43.3 Å². The fraction of sp³-hybridized carbons (Fsp3) is 0.286. The third-order valence-electron chi connectivity index (χ3n) is 6.31. The Hall–Kier alpha value is -3.56. The number of carbonyl (C=O) groups is 2. The Labute approximate surface area is 229 Å². The number of rotatable bonds is 10. The van der Waals surface area contributed by atoms with E-state index in [0.717, 1.165) is 21.0 Å². The number of halogens is 1. The number of hydrogen-bond acceptors (Lipinski definition) is 5. The summed E-state index contributed by atoms with van der Waals surface area (Å²) in [6.45, 7) is 4.90. The second-order valence-electron chi connectivity index (χ2n) is 8.88. The number of nitrogens with zero attached hydrogens (tertiary/aromatic N) is 2. The maximum atomic E-state index is 13.9. The lowest BCUT2D eigenvalue weighted by Gasteiger charge is -2.32. The van der Waals surface area contributed by atoms with E-state index in [9.17, 15) is 18.0 Å². The van der Waals surface area contributed by atoms with Crippen molar-refractivity contribution in [3.8, 4) is 5.75 Å². The topological polar surface area (TPSA) is 96.0 Å². The van der Waals surface area contributed by atoms with Crippen LogP contribution >= 0.6 is 11.6 Å². The number of benzene rings is 3. The van der Waals surface area contributed by atoms with E-state index in [4.69, 9.17) is 16.3 Å². The Balaban J connectivity index is 2.12. The zero-order valence-corrected chi connectivity index (χ0v) is 23.6. The Morgan fingerprint density at radius 3 is 2.29 bits per heavy atom. The van der Waals surface area contributed by atoms with Gasteiger partial charge in [-0.05, 0) is 62.2 Å². The number of sulfonamides is 1. The zero-order valence-electron chi connectivity index (χ0n) is 22.1. The van der Waals surface area contributed by atoms with Crippen molar-refractivity contribution in [2.24, 2.45) is 0 Å². The summed E-state index contributed by atoms with van der Waals surface area (Å²) in [5.74, 6) is -0.718. The van der Waals surface area contributed by atoms with Gasteiger partial charge in [-0.2, -0.15) is 0 Å². The lowest BCUT2D eigenvalue weighted by atomic mass is 10.1. The lowest BCUT2D eigenvalue weighted by molar-refractivity contribution is -0.139. The smallest absolute Gasteiger partial charge is 0.264 e. The molecule has 1 atom stereocenters. The average Bonchev–Trinajstić information content (AvgIpc) is 2.90. The molecule has 0 aromatic heterocycles. The minimum atomic E-state index is -4.23. The first kappa shape index (κ1) is 29.0. The molecule has 2 amide bonds. The molecule has 0 spiro atoms. The molecule has 0 saturated carbocycles. The average molecular weight is 558 g/mol. The highest BCUT2D eigenvalue weighted by molar-refractivity contribution is 7.92. The van der Waals surface area contributed by atoms with E-state index in [1.807, 2.05) is 38.1 Å². The second kappa shape index (κ2) is 12.3. The normalized spacial score (nSPS) is 11.9. The van der Waals surface area contributed by atoms with Gasteiger partial charge in [-0.3, -0.25) is 13.9 Å². The van der Waals surface area contributed by atoms with Gasteiger partial charge in [0.1, 0.15) is 18.3 Å². The summed E-state index contributed by atoms with van der Waals surface area (Å²) >= 11 is 6.24. The number of carbonyl (C=O) groups excluding carboxylic acids is 2. The number of methoxy groups -OCH3 is 1. The Morgan fingerprint density at radius 1 is 1.03 bits per heavy atom. The number of anilines is 1. The van der Waals surface area contributed by atoms with Gasteiger partial charge in [0, 0.05) is 18.6 Å². The molecule has 0 aliphatic heterocycles. The van der Waals surface area contributed by atoms with Gasteiger partial charge >= 0.3 is 0 Å². The highest BCUT2D eigenvalue weighted by Crippen LogP contribution is 2.35. The van der Waals surface area contributed by atoms with Crippen molar-refractivity contribution >= 4 is 39.1 Å². The molecule has 3 aromatic carbocycles. The van der Waals surface area contributed by atoms with Gasteiger partial charge < -0.3 is 15.0 Å². The van der Waals surface area contributed by atoms with Crippen LogP contribution in [0.4, 0.5) is 5.69 Å². The van der Waals surface area contributed by atoms with Crippen LogP contribution in [0, 0.1) is 13.8 Å². The SMILES string of the molecule is CNC(=O)[C@H](C)N(Cc1ccccc1C)C(=O)CN(c1cc(Cl)ccc1OC)S(=O)(=O)c1ccc(C)cc1. The van der Waals surface area contributed by atoms with Crippen LogP contribution in [-0.4, -0.2) is 51.9 Å². The van der Waals surface area contributed by atoms with E-state index in [-0.39, 0.29) is 33.8 Å². The molecule has 0 heterocycles. The van der Waals surface area contributed by atoms with Gasteiger partial charge in [-0.25, -0.2) is 8.42 Å². The maximum absolute atomic E-state index is 13.9. The van der Waals surface area contributed by atoms with Gasteiger partial charge in [0.2, 0.25) is 11.8 Å². The number of nitrogens with one attached hydrogen (secondary N) is 1. The molecule has 0 aliphatic rings. The van der Waals surface area contributed by atoms with Crippen LogP contribution in [0.25, 0.3) is 0 Å². The monoisotopic (exact) mass is 557 g/mol. The van der Waals surface area contributed by atoms with Crippen molar-refractivity contribution in [3.63, 3.8) is 0 Å². The molecule has 8 nitrogen and oxygen atoms in total. The molecule has 202 valence electrons. The Bertz CT molecular complexity index is 1410. The fourth-order valence-corrected chi connectivity index (χ4v) is 5.55. The molecule has 0 fully saturated rings. The molecule has 0 saturated heterocycles. The molecular weight excluding hydrogens is 526 g/mol. The van der Waals surface area contributed by atoms with E-state index < -0.39 is 28.5 Å². The third-order valence-corrected chi connectivity index (χ3v) is 8.32. The van der Waals surface area contributed by atoms with Gasteiger partial charge in [-0.1, -0.05) is 53.6 Å². The predicted octanol–water partition coefficient (Wildman–Crippen LogP) is 4.32. The molecule has 0 bridgehead atoms. The molecule has 0 unspecified atom stereocenters. The summed E-state index contributed by atoms with van der Waals surface area (Å²) in [5, 5.41) is 2.84. The Morgan fingerprint density at radius 2 is 1.68 bits per heavy atom. The van der Waals surface area contributed by atoms with Gasteiger partial charge in [-0.15, -0.1) is 0 Å². The summed E-state index contributed by atoms with van der Waals surface area (Å²) in [7, 11) is -1.34. The largest absolute Gasteiger partial charge is 0.495 e. The minimum Gasteiger partial charge on any atom is -0.495 e. The minimum absolute atomic E-state index is 0.00253. The predicted molar refractivity (Wildman–Crippen MR) is 149 cm³/mol. The van der Waals surface area contributed by atoms with Crippen LogP contribution in [-0.2, 0) is 26.2 Å². The quantitative estimate of drug-likeness (QED) is 0.400. The molecule has 1 N–H and O–H groups in total. The first-order valence-electron chi connectivity index (χ1n) is 12.0. The molecular formula is C28H32ClN3O5S. The van der Waals surface area contributed by atoms with Crippen molar-refractivity contribution in [1.82, 2.24) is 10.2 Å². The van der Waals surface area contributed by atoms with Crippen molar-refractivity contribution in [3.05, 3.63) is 88.4 Å². The van der Waals surface area contributed by atoms with Crippen LogP contribution in [0.15, 0.2) is 71.6 Å². The molecule has 3 aromatic rings. The number of ether oxygens (including phenoxy) is 1. The van der Waals surface area contributed by atoms with E-state index in [1.54, 1.807) is 25.1 Å². The summed E-state index contributed by atoms with van der Waals surface area (Å²) in [6, 6.07) is 17.5. The van der Waals surface area contributed by atoms with Crippen molar-refractivity contribution in [1.29, 1.82) is 0 Å². The van der Waals surface area contributed by atoms with E-state index in [0.29, 0.717) is 0 Å². The highest BCUT2D eigenvalue weighted by atomic mass is 35.5. The van der Waals surface area contributed by atoms with Crippen LogP contribution in [0.3, 0.4) is 0 Å². The summed E-state index contributed by atoms with van der Waals surface area (Å²) in [5.41, 5.74) is 2.77. The highest BCUT2D eigenvalue weighted by Gasteiger charge is 2.34. The van der Waals surface area contributed by atoms with Crippen LogP contribution in [0.5, 0.6) is 5.75 Å². The molecule has 0 radical (unpaired) electrons. The zero-order chi connectivity index (χ0) is 28.0. The van der Waals surface area contributed by atoms with E-state index >= 15 is 0 Å². The van der Waals surface area contributed by atoms with E-state index in [2.05, 4.69) is 5.32 Å². The van der Waals surface area contributed by atoms with Crippen molar-refractivity contribution in [2.75, 3.05) is 25.0 Å². The first-order valence-corrected chi connectivity index (χ1v) is 13.8. The lowest BCUT2D eigenvalue weighted by Crippen LogP contribution is -2.50. The number of aryl methyl sites for hydroxylation is 2. The van der Waals surface area contributed by atoms with Gasteiger partial charge in [0.25, 0.3) is 10.0 Å². The first-order chi connectivity index (χ1) is 18.0. The van der Waals surface area contributed by atoms with Gasteiger partial charge in [0.15, 0.2) is 0 Å². The molecule has 3 rings (SSSR count). The molecule has 0 aliphatic carbocycles. The summed E-state index contributed by atoms with van der Waals surface area (Å²) in [4.78, 5) is 27.9. The van der Waals surface area contributed by atoms with Crippen LogP contribution in [0.1, 0.15) is 23.6 Å². The van der Waals surface area contributed by atoms with Crippen molar-refractivity contribution < 1.29 is 22.7 Å². The summed E-state index contributed by atoms with van der Waals surface area (Å²) in [6.07, 6.45) is 0. The summed E-state index contributed by atoms with van der Waals surface area (Å²) < 4.78 is 34.3. The number of amides is 2. The fourth-order valence-electron chi connectivity index (χ4n) is 3.97. The Kier molecular flexibility index (Phi) is 9.40. The number of hydrogen-bond donors (Lipinski definition) is 1. The molecule has 10 heteroatoms. The van der Waals surface area contributed by atoms with Crippen LogP contribution < -0.4 is 14.4 Å². The standard InChI is InChI=1S/C28H32ClN3O5S/c1-19-10-13-24(14-11-19)38(35,36)32(25-16-23(29)12-15-26(25)37-5)18-27(33)31(21(3)28(34)30-4)17-22-9-7-6-8-20(22)2/h6-16,21H,17-18H2,1-5H3,(H,30,34)/t21-/m0/s1. The number of likely N-dealkylation sites (N-methyl/N-ethyl adjacent to an activating group) is 1. The van der Waals surface area contributed by atoms with Crippen molar-refractivity contribution in [2.45, 2.75) is 38.3 Å². The maximum Gasteiger partial charge on any atom is 0.264 e. The van der Waals surface area contributed by atoms with Crippen LogP contribution in [0.2, 0.25) is 5.02 Å². The second-order valence-corrected chi connectivity index (χ2v) is 11.2. The molecule has 38 heavy (non-hydrogen) atoms.